The van der Waals surface area contributed by atoms with Gasteiger partial charge in [0.25, 0.3) is 5.56 Å². The smallest absolute Gasteiger partial charge is 0.262 e. The fourth-order valence-corrected chi connectivity index (χ4v) is 4.48. The third kappa shape index (κ3) is 5.40. The van der Waals surface area contributed by atoms with E-state index in [-0.39, 0.29) is 17.2 Å². The highest BCUT2D eigenvalue weighted by Gasteiger charge is 2.15. The first-order valence-electron chi connectivity index (χ1n) is 9.21. The lowest BCUT2D eigenvalue weighted by molar-refractivity contribution is -0.113. The van der Waals surface area contributed by atoms with Gasteiger partial charge in [0.2, 0.25) is 5.91 Å². The van der Waals surface area contributed by atoms with Crippen molar-refractivity contribution < 1.29 is 9.53 Å². The van der Waals surface area contributed by atoms with Gasteiger partial charge in [-0.05, 0) is 43.0 Å². The Morgan fingerprint density at radius 1 is 1.43 bits per heavy atom. The summed E-state index contributed by atoms with van der Waals surface area (Å²) in [7, 11) is 0. The zero-order valence-electron chi connectivity index (χ0n) is 16.2. The summed E-state index contributed by atoms with van der Waals surface area (Å²) >= 11 is 8.51. The third-order valence-corrected chi connectivity index (χ3v) is 6.17. The molecule has 0 aliphatic carbocycles. The molecule has 3 aromatic rings. The Labute approximate surface area is 186 Å². The molecule has 0 spiro atoms. The summed E-state index contributed by atoms with van der Waals surface area (Å²) in [4.78, 5) is 29.9. The number of nitriles is 1. The number of nitrogens with one attached hydrogen (secondary N) is 1. The topological polar surface area (TPSA) is 97.0 Å². The predicted octanol–water partition coefficient (Wildman–Crippen LogP) is 4.14. The molecule has 0 atom stereocenters. The van der Waals surface area contributed by atoms with Crippen LogP contribution in [0, 0.1) is 11.3 Å². The number of benzene rings is 1. The van der Waals surface area contributed by atoms with Crippen molar-refractivity contribution in [1.82, 2.24) is 9.55 Å². The number of rotatable bonds is 9. The molecule has 7 nitrogen and oxygen atoms in total. The van der Waals surface area contributed by atoms with E-state index in [2.05, 4.69) is 10.3 Å². The van der Waals surface area contributed by atoms with Gasteiger partial charge in [0.15, 0.2) is 5.16 Å². The van der Waals surface area contributed by atoms with E-state index in [1.165, 1.54) is 23.1 Å². The fraction of sp³-hybridized carbons (Fsp3) is 0.300. The van der Waals surface area contributed by atoms with Gasteiger partial charge < -0.3 is 10.1 Å². The van der Waals surface area contributed by atoms with Gasteiger partial charge in [-0.15, -0.1) is 11.3 Å². The number of halogens is 1. The average molecular weight is 463 g/mol. The minimum absolute atomic E-state index is 0.0484. The summed E-state index contributed by atoms with van der Waals surface area (Å²) < 4.78 is 6.94. The minimum atomic E-state index is -0.278. The molecular formula is C20H19ClN4O3S2. The Morgan fingerprint density at radius 3 is 3.03 bits per heavy atom. The van der Waals surface area contributed by atoms with Gasteiger partial charge in [0.1, 0.15) is 11.1 Å². The molecule has 0 bridgehead atoms. The average Bonchev–Trinajstić information content (AvgIpc) is 3.18. The predicted molar refractivity (Wildman–Crippen MR) is 121 cm³/mol. The highest BCUT2D eigenvalue weighted by Crippen LogP contribution is 2.24. The van der Waals surface area contributed by atoms with Crippen molar-refractivity contribution in [2.75, 3.05) is 24.3 Å². The van der Waals surface area contributed by atoms with E-state index in [9.17, 15) is 9.59 Å². The van der Waals surface area contributed by atoms with E-state index < -0.39 is 0 Å². The number of carbonyl (C=O) groups excluding carboxylic acids is 1. The number of thiophene rings is 1. The highest BCUT2D eigenvalue weighted by atomic mass is 35.5. The second-order valence-corrected chi connectivity index (χ2v) is 8.47. The van der Waals surface area contributed by atoms with Gasteiger partial charge in [0.05, 0.1) is 22.2 Å². The molecule has 1 N–H and O–H groups in total. The number of aromatic nitrogens is 2. The molecule has 3 rings (SSSR count). The molecule has 0 saturated carbocycles. The van der Waals surface area contributed by atoms with Gasteiger partial charge in [-0.1, -0.05) is 23.4 Å². The summed E-state index contributed by atoms with van der Waals surface area (Å²) in [5, 5.41) is 15.5. The van der Waals surface area contributed by atoms with E-state index in [1.807, 2.05) is 13.0 Å². The van der Waals surface area contributed by atoms with E-state index in [1.54, 1.807) is 34.2 Å². The Bertz CT molecular complexity index is 1150. The van der Waals surface area contributed by atoms with Gasteiger partial charge in [-0.2, -0.15) is 5.26 Å². The van der Waals surface area contributed by atoms with Crippen LogP contribution >= 0.6 is 34.7 Å². The molecule has 0 unspecified atom stereocenters. The van der Waals surface area contributed by atoms with Crippen LogP contribution in [-0.4, -0.2) is 34.4 Å². The molecule has 0 radical (unpaired) electrons. The SMILES string of the molecule is CCOCCCn1c(SCC(=O)Nc2sccc2C#N)nc2cc(Cl)ccc2c1=O. The summed E-state index contributed by atoms with van der Waals surface area (Å²) in [5.41, 5.74) is 0.729. The molecule has 2 aromatic heterocycles. The molecule has 156 valence electrons. The normalized spacial score (nSPS) is 10.8. The first kappa shape index (κ1) is 22.3. The number of thioether (sulfide) groups is 1. The summed E-state index contributed by atoms with van der Waals surface area (Å²) in [6, 6.07) is 8.64. The molecule has 30 heavy (non-hydrogen) atoms. The second kappa shape index (κ2) is 10.6. The maximum absolute atomic E-state index is 13.0. The number of amides is 1. The van der Waals surface area contributed by atoms with Crippen molar-refractivity contribution in [3.8, 4) is 6.07 Å². The lowest BCUT2D eigenvalue weighted by atomic mass is 10.2. The molecule has 2 heterocycles. The first-order valence-corrected chi connectivity index (χ1v) is 11.5. The Balaban J connectivity index is 1.82. The number of nitrogens with zero attached hydrogens (tertiary/aromatic N) is 3. The van der Waals surface area contributed by atoms with Crippen molar-refractivity contribution in [2.24, 2.45) is 0 Å². The van der Waals surface area contributed by atoms with Crippen molar-refractivity contribution in [1.29, 1.82) is 5.26 Å². The van der Waals surface area contributed by atoms with Crippen molar-refractivity contribution in [3.05, 3.63) is 50.6 Å². The largest absolute Gasteiger partial charge is 0.382 e. The lowest BCUT2D eigenvalue weighted by Crippen LogP contribution is -2.25. The first-order chi connectivity index (χ1) is 14.5. The minimum Gasteiger partial charge on any atom is -0.382 e. The van der Waals surface area contributed by atoms with Gasteiger partial charge in [-0.25, -0.2) is 4.98 Å². The number of hydrogen-bond acceptors (Lipinski definition) is 7. The van der Waals surface area contributed by atoms with Crippen LogP contribution in [0.3, 0.4) is 0 Å². The van der Waals surface area contributed by atoms with Crippen LogP contribution in [0.5, 0.6) is 0 Å². The molecule has 0 saturated heterocycles. The third-order valence-electron chi connectivity index (χ3n) is 4.13. The van der Waals surface area contributed by atoms with Crippen molar-refractivity contribution in [3.63, 3.8) is 0 Å². The number of anilines is 1. The van der Waals surface area contributed by atoms with E-state index in [0.29, 0.717) is 57.8 Å². The molecule has 0 fully saturated rings. The van der Waals surface area contributed by atoms with E-state index >= 15 is 0 Å². The van der Waals surface area contributed by atoms with Crippen molar-refractivity contribution >= 4 is 56.5 Å². The van der Waals surface area contributed by atoms with Gasteiger partial charge in [0, 0.05) is 24.8 Å². The van der Waals surface area contributed by atoms with Gasteiger partial charge in [-0.3, -0.25) is 14.2 Å². The molecule has 1 amide bonds. The van der Waals surface area contributed by atoms with Crippen LogP contribution in [0.15, 0.2) is 39.6 Å². The molecular weight excluding hydrogens is 444 g/mol. The monoisotopic (exact) mass is 462 g/mol. The Hall–Kier alpha value is -2.38. The highest BCUT2D eigenvalue weighted by molar-refractivity contribution is 7.99. The summed E-state index contributed by atoms with van der Waals surface area (Å²) in [6.07, 6.45) is 0.648. The molecule has 10 heteroatoms. The quantitative estimate of drug-likeness (QED) is 0.291. The summed E-state index contributed by atoms with van der Waals surface area (Å²) in [5.74, 6) is -0.229. The summed E-state index contributed by atoms with van der Waals surface area (Å²) in [6.45, 7) is 3.48. The van der Waals surface area contributed by atoms with Crippen molar-refractivity contribution in [2.45, 2.75) is 25.0 Å². The second-order valence-electron chi connectivity index (χ2n) is 6.18. The van der Waals surface area contributed by atoms with Crippen LogP contribution in [0.25, 0.3) is 10.9 Å². The number of ether oxygens (including phenoxy) is 1. The Morgan fingerprint density at radius 2 is 2.27 bits per heavy atom. The molecule has 0 aliphatic rings. The van der Waals surface area contributed by atoms with Crippen LogP contribution in [0.4, 0.5) is 5.00 Å². The molecule has 0 aliphatic heterocycles. The number of carbonyl (C=O) groups is 1. The fourth-order valence-electron chi connectivity index (χ4n) is 2.74. The van der Waals surface area contributed by atoms with E-state index in [4.69, 9.17) is 21.6 Å². The maximum Gasteiger partial charge on any atom is 0.262 e. The van der Waals surface area contributed by atoms with Crippen LogP contribution in [0.1, 0.15) is 18.9 Å². The lowest BCUT2D eigenvalue weighted by Gasteiger charge is -2.13. The van der Waals surface area contributed by atoms with Gasteiger partial charge >= 0.3 is 0 Å². The zero-order valence-corrected chi connectivity index (χ0v) is 18.6. The van der Waals surface area contributed by atoms with Crippen LogP contribution in [-0.2, 0) is 16.1 Å². The van der Waals surface area contributed by atoms with Crippen LogP contribution < -0.4 is 10.9 Å². The van der Waals surface area contributed by atoms with Crippen LogP contribution in [0.2, 0.25) is 5.02 Å². The number of hydrogen-bond donors (Lipinski definition) is 1. The zero-order chi connectivity index (χ0) is 21.5. The number of fused-ring (bicyclic) bond motifs is 1. The maximum atomic E-state index is 13.0. The molecule has 1 aromatic carbocycles. The Kier molecular flexibility index (Phi) is 7.87. The van der Waals surface area contributed by atoms with E-state index in [0.717, 1.165) is 0 Å². The standard InChI is InChI=1S/C20H19ClN4O3S2/c1-2-28-8-3-7-25-19(27)15-5-4-14(21)10-16(15)23-20(25)30-12-17(26)24-18-13(11-22)6-9-29-18/h4-6,9-10H,2-3,7-8,12H2,1H3,(H,24,26).